The van der Waals surface area contributed by atoms with Crippen LogP contribution in [0.25, 0.3) is 0 Å². The monoisotopic (exact) mass is 379 g/mol. The van der Waals surface area contributed by atoms with E-state index >= 15 is 0 Å². The van der Waals surface area contributed by atoms with Crippen molar-refractivity contribution in [1.29, 1.82) is 0 Å². The lowest BCUT2D eigenvalue weighted by Crippen LogP contribution is -2.36. The van der Waals surface area contributed by atoms with Crippen molar-refractivity contribution in [1.82, 2.24) is 10.6 Å². The molecule has 0 unspecified atom stereocenters. The highest BCUT2D eigenvalue weighted by Crippen LogP contribution is 2.27. The molecular formula is C13H22IN3O2. The quantitative estimate of drug-likeness (QED) is 0.467. The molecule has 1 aromatic carbocycles. The summed E-state index contributed by atoms with van der Waals surface area (Å²) in [5.74, 6) is 2.25. The molecule has 0 atom stereocenters. The average Bonchev–Trinajstić information content (AvgIpc) is 2.42. The standard InChI is InChI=1S/C13H21N3O2.HI/c1-5-15-13(14-2)16-9-10-6-7-11(17-3)12(8-10)18-4;/h6-8H,5,9H2,1-4H3,(H2,14,15,16);1H. The Bertz CT molecular complexity index is 411. The Hall–Kier alpha value is -1.18. The van der Waals surface area contributed by atoms with Crippen LogP contribution >= 0.6 is 24.0 Å². The van der Waals surface area contributed by atoms with E-state index in [2.05, 4.69) is 15.6 Å². The van der Waals surface area contributed by atoms with E-state index in [9.17, 15) is 0 Å². The zero-order chi connectivity index (χ0) is 13.4. The first-order chi connectivity index (χ1) is 8.74. The largest absolute Gasteiger partial charge is 0.493 e. The van der Waals surface area contributed by atoms with Gasteiger partial charge in [-0.1, -0.05) is 6.07 Å². The van der Waals surface area contributed by atoms with Crippen molar-refractivity contribution in [3.8, 4) is 11.5 Å². The predicted octanol–water partition coefficient (Wildman–Crippen LogP) is 2.01. The fourth-order valence-corrected chi connectivity index (χ4v) is 1.56. The van der Waals surface area contributed by atoms with Gasteiger partial charge in [0.1, 0.15) is 0 Å². The van der Waals surface area contributed by atoms with Gasteiger partial charge in [0.25, 0.3) is 0 Å². The Kier molecular flexibility index (Phi) is 9.11. The highest BCUT2D eigenvalue weighted by molar-refractivity contribution is 14.0. The van der Waals surface area contributed by atoms with Crippen molar-refractivity contribution in [3.05, 3.63) is 23.8 Å². The number of guanidine groups is 1. The molecule has 0 aromatic heterocycles. The number of nitrogens with one attached hydrogen (secondary N) is 2. The summed E-state index contributed by atoms with van der Waals surface area (Å²) in [5, 5.41) is 6.35. The third-order valence-corrected chi connectivity index (χ3v) is 2.48. The van der Waals surface area contributed by atoms with Crippen LogP contribution in [0.3, 0.4) is 0 Å². The Labute approximate surface area is 131 Å². The summed E-state index contributed by atoms with van der Waals surface area (Å²) < 4.78 is 10.5. The van der Waals surface area contributed by atoms with Gasteiger partial charge < -0.3 is 20.1 Å². The summed E-state index contributed by atoms with van der Waals surface area (Å²) >= 11 is 0. The zero-order valence-corrected chi connectivity index (χ0v) is 14.1. The van der Waals surface area contributed by atoms with Crippen molar-refractivity contribution in [2.24, 2.45) is 4.99 Å². The molecule has 0 aliphatic carbocycles. The minimum Gasteiger partial charge on any atom is -0.493 e. The van der Waals surface area contributed by atoms with Crippen LogP contribution in [-0.4, -0.2) is 33.8 Å². The maximum atomic E-state index is 5.26. The summed E-state index contributed by atoms with van der Waals surface area (Å²) in [6.45, 7) is 3.55. The van der Waals surface area contributed by atoms with Gasteiger partial charge in [0, 0.05) is 20.1 Å². The molecule has 0 spiro atoms. The van der Waals surface area contributed by atoms with Crippen LogP contribution in [0.2, 0.25) is 0 Å². The van der Waals surface area contributed by atoms with E-state index in [1.54, 1.807) is 21.3 Å². The normalized spacial score (nSPS) is 10.4. The molecule has 0 bridgehead atoms. The number of methoxy groups -OCH3 is 2. The number of rotatable bonds is 5. The molecule has 108 valence electrons. The topological polar surface area (TPSA) is 54.9 Å². The highest BCUT2D eigenvalue weighted by Gasteiger charge is 2.04. The van der Waals surface area contributed by atoms with Gasteiger partial charge in [-0.3, -0.25) is 4.99 Å². The van der Waals surface area contributed by atoms with Crippen molar-refractivity contribution >= 4 is 29.9 Å². The van der Waals surface area contributed by atoms with Crippen molar-refractivity contribution < 1.29 is 9.47 Å². The van der Waals surface area contributed by atoms with Gasteiger partial charge in [0.15, 0.2) is 17.5 Å². The summed E-state index contributed by atoms with van der Waals surface area (Å²) in [5.41, 5.74) is 1.10. The second-order valence-corrected chi connectivity index (χ2v) is 3.65. The minimum absolute atomic E-state index is 0. The van der Waals surface area contributed by atoms with Crippen LogP contribution < -0.4 is 20.1 Å². The van der Waals surface area contributed by atoms with Gasteiger partial charge in [-0.15, -0.1) is 24.0 Å². The van der Waals surface area contributed by atoms with E-state index in [1.165, 1.54) is 0 Å². The van der Waals surface area contributed by atoms with Crippen LogP contribution in [0.1, 0.15) is 12.5 Å². The molecule has 1 aromatic rings. The van der Waals surface area contributed by atoms with Crippen LogP contribution in [0.4, 0.5) is 0 Å². The van der Waals surface area contributed by atoms with Gasteiger partial charge in [-0.05, 0) is 24.6 Å². The van der Waals surface area contributed by atoms with Crippen LogP contribution in [0.15, 0.2) is 23.2 Å². The van der Waals surface area contributed by atoms with Gasteiger partial charge in [0.05, 0.1) is 14.2 Å². The molecule has 0 saturated carbocycles. The molecule has 19 heavy (non-hydrogen) atoms. The average molecular weight is 379 g/mol. The molecule has 0 aliphatic rings. The predicted molar refractivity (Wildman–Crippen MR) is 88.8 cm³/mol. The highest BCUT2D eigenvalue weighted by atomic mass is 127. The molecule has 2 N–H and O–H groups in total. The third-order valence-electron chi connectivity index (χ3n) is 2.48. The first-order valence-corrected chi connectivity index (χ1v) is 5.90. The summed E-state index contributed by atoms with van der Waals surface area (Å²) in [4.78, 5) is 4.11. The molecule has 6 heteroatoms. The maximum absolute atomic E-state index is 5.26. The van der Waals surface area contributed by atoms with Crippen LogP contribution in [0, 0.1) is 0 Å². The Morgan fingerprint density at radius 1 is 1.16 bits per heavy atom. The molecule has 1 rings (SSSR count). The van der Waals surface area contributed by atoms with E-state index in [0.717, 1.165) is 29.6 Å². The minimum atomic E-state index is 0. The van der Waals surface area contributed by atoms with Gasteiger partial charge in [0.2, 0.25) is 0 Å². The third kappa shape index (κ3) is 5.54. The second-order valence-electron chi connectivity index (χ2n) is 3.65. The molecule has 0 fully saturated rings. The second kappa shape index (κ2) is 9.71. The van der Waals surface area contributed by atoms with Gasteiger partial charge in [-0.2, -0.15) is 0 Å². The summed E-state index contributed by atoms with van der Waals surface area (Å²) in [6, 6.07) is 5.84. The zero-order valence-electron chi connectivity index (χ0n) is 11.8. The summed E-state index contributed by atoms with van der Waals surface area (Å²) in [6.07, 6.45) is 0. The SMILES string of the molecule is CCNC(=NC)NCc1ccc(OC)c(OC)c1.I. The molecule has 0 heterocycles. The number of hydrogen-bond donors (Lipinski definition) is 2. The molecule has 0 amide bonds. The fraction of sp³-hybridized carbons (Fsp3) is 0.462. The number of benzene rings is 1. The van der Waals surface area contributed by atoms with E-state index in [1.807, 2.05) is 25.1 Å². The molecule has 5 nitrogen and oxygen atoms in total. The Balaban J connectivity index is 0.00000324. The van der Waals surface area contributed by atoms with E-state index in [4.69, 9.17) is 9.47 Å². The van der Waals surface area contributed by atoms with Crippen molar-refractivity contribution in [3.63, 3.8) is 0 Å². The van der Waals surface area contributed by atoms with Gasteiger partial charge in [-0.25, -0.2) is 0 Å². The number of ether oxygens (including phenoxy) is 2. The van der Waals surface area contributed by atoms with Crippen LogP contribution in [0.5, 0.6) is 11.5 Å². The Morgan fingerprint density at radius 2 is 1.84 bits per heavy atom. The number of nitrogens with zero attached hydrogens (tertiary/aromatic N) is 1. The first kappa shape index (κ1) is 17.8. The first-order valence-electron chi connectivity index (χ1n) is 5.90. The van der Waals surface area contributed by atoms with Crippen LogP contribution in [-0.2, 0) is 6.54 Å². The van der Waals surface area contributed by atoms with Gasteiger partial charge >= 0.3 is 0 Å². The molecule has 0 aliphatic heterocycles. The fourth-order valence-electron chi connectivity index (χ4n) is 1.56. The van der Waals surface area contributed by atoms with E-state index < -0.39 is 0 Å². The number of aliphatic imine (C=N–C) groups is 1. The molecule has 0 radical (unpaired) electrons. The smallest absolute Gasteiger partial charge is 0.191 e. The Morgan fingerprint density at radius 3 is 2.37 bits per heavy atom. The number of halogens is 1. The van der Waals surface area contributed by atoms with Crippen molar-refractivity contribution in [2.45, 2.75) is 13.5 Å². The van der Waals surface area contributed by atoms with E-state index in [-0.39, 0.29) is 24.0 Å². The lowest BCUT2D eigenvalue weighted by molar-refractivity contribution is 0.354. The maximum Gasteiger partial charge on any atom is 0.191 e. The molecule has 0 saturated heterocycles. The summed E-state index contributed by atoms with van der Waals surface area (Å²) in [7, 11) is 5.01. The van der Waals surface area contributed by atoms with Crippen molar-refractivity contribution in [2.75, 3.05) is 27.8 Å². The number of hydrogen-bond acceptors (Lipinski definition) is 3. The lowest BCUT2D eigenvalue weighted by atomic mass is 10.2. The molecular weight excluding hydrogens is 357 g/mol. The lowest BCUT2D eigenvalue weighted by Gasteiger charge is -2.12. The van der Waals surface area contributed by atoms with E-state index in [0.29, 0.717) is 6.54 Å².